The topological polar surface area (TPSA) is 75.7 Å². The van der Waals surface area contributed by atoms with Crippen LogP contribution in [0, 0.1) is 0 Å². The second-order valence-electron chi connectivity index (χ2n) is 5.61. The summed E-state index contributed by atoms with van der Waals surface area (Å²) in [7, 11) is 0.618. The smallest absolute Gasteiger partial charge is 0.246 e. The molecule has 0 heterocycles. The molecule has 0 radical (unpaired) electrons. The number of nitrogens with one attached hydrogen (secondary N) is 1. The van der Waals surface area contributed by atoms with E-state index in [2.05, 4.69) is 5.32 Å². The molecule has 0 aliphatic carbocycles. The van der Waals surface area contributed by atoms with Crippen molar-refractivity contribution in [1.82, 2.24) is 4.31 Å². The highest BCUT2D eigenvalue weighted by Gasteiger charge is 2.23. The van der Waals surface area contributed by atoms with Crippen LogP contribution < -0.4 is 10.1 Å². The van der Waals surface area contributed by atoms with Crippen LogP contribution in [0.15, 0.2) is 58.3 Å². The van der Waals surface area contributed by atoms with E-state index in [4.69, 9.17) is 4.74 Å². The number of amides is 1. The molecule has 6 nitrogen and oxygen atoms in total. The lowest BCUT2D eigenvalue weighted by Crippen LogP contribution is -2.23. The molecule has 0 atom stereocenters. The molecule has 0 bridgehead atoms. The van der Waals surface area contributed by atoms with Gasteiger partial charge in [0, 0.05) is 36.9 Å². The summed E-state index contributed by atoms with van der Waals surface area (Å²) < 4.78 is 31.1. The van der Waals surface area contributed by atoms with E-state index in [1.165, 1.54) is 33.3 Å². The summed E-state index contributed by atoms with van der Waals surface area (Å²) in [5, 5.41) is 2.74. The van der Waals surface area contributed by atoms with Gasteiger partial charge in [-0.2, -0.15) is 0 Å². The Bertz CT molecular complexity index is 853. The zero-order valence-electron chi connectivity index (χ0n) is 14.9. The molecular formula is C18H22N2O4S2. The number of carbonyl (C=O) groups excluding carboxylic acids is 1. The average Bonchev–Trinajstić information content (AvgIpc) is 2.62. The number of sulfonamides is 1. The van der Waals surface area contributed by atoms with Gasteiger partial charge >= 0.3 is 0 Å². The molecule has 0 spiro atoms. The van der Waals surface area contributed by atoms with Gasteiger partial charge in [0.2, 0.25) is 15.9 Å². The summed E-state index contributed by atoms with van der Waals surface area (Å²) in [6.07, 6.45) is 0.321. The Hall–Kier alpha value is -2.03. The van der Waals surface area contributed by atoms with Crippen molar-refractivity contribution < 1.29 is 17.9 Å². The van der Waals surface area contributed by atoms with Gasteiger partial charge in [-0.05, 0) is 30.3 Å². The molecule has 0 unspecified atom stereocenters. The summed E-state index contributed by atoms with van der Waals surface area (Å²) in [4.78, 5) is 13.3. The van der Waals surface area contributed by atoms with Gasteiger partial charge in [-0.3, -0.25) is 4.79 Å². The number of benzene rings is 2. The fourth-order valence-electron chi connectivity index (χ4n) is 2.15. The minimum atomic E-state index is -3.68. The predicted molar refractivity (Wildman–Crippen MR) is 104 cm³/mol. The molecule has 140 valence electrons. The van der Waals surface area contributed by atoms with Crippen LogP contribution in [0.4, 0.5) is 5.69 Å². The molecule has 0 aliphatic heterocycles. The quantitative estimate of drug-likeness (QED) is 0.697. The van der Waals surface area contributed by atoms with Crippen LogP contribution in [-0.2, 0) is 14.8 Å². The number of hydrogen-bond acceptors (Lipinski definition) is 5. The molecular weight excluding hydrogens is 372 g/mol. The molecule has 2 rings (SSSR count). The average molecular weight is 395 g/mol. The highest BCUT2D eigenvalue weighted by Crippen LogP contribution is 2.29. The second-order valence-corrected chi connectivity index (χ2v) is 8.90. The zero-order chi connectivity index (χ0) is 19.2. The zero-order valence-corrected chi connectivity index (χ0v) is 16.6. The van der Waals surface area contributed by atoms with Gasteiger partial charge in [-0.15, -0.1) is 11.8 Å². The molecule has 26 heavy (non-hydrogen) atoms. The monoisotopic (exact) mass is 394 g/mol. The van der Waals surface area contributed by atoms with Gasteiger partial charge in [0.1, 0.15) is 10.6 Å². The van der Waals surface area contributed by atoms with Crippen molar-refractivity contribution in [2.24, 2.45) is 0 Å². The van der Waals surface area contributed by atoms with Gasteiger partial charge in [-0.25, -0.2) is 12.7 Å². The molecule has 1 amide bonds. The number of carbonyl (C=O) groups is 1. The fraction of sp³-hybridized carbons (Fsp3) is 0.278. The predicted octanol–water partition coefficient (Wildman–Crippen LogP) is 3.07. The number of hydrogen-bond donors (Lipinski definition) is 1. The SMILES string of the molecule is COc1ccc(NC(=O)CCSc2ccccc2)cc1S(=O)(=O)N(C)C. The summed E-state index contributed by atoms with van der Waals surface area (Å²) >= 11 is 1.59. The molecule has 0 aromatic heterocycles. The van der Waals surface area contributed by atoms with Gasteiger partial charge < -0.3 is 10.1 Å². The van der Waals surface area contributed by atoms with E-state index in [0.29, 0.717) is 17.9 Å². The largest absolute Gasteiger partial charge is 0.495 e. The highest BCUT2D eigenvalue weighted by atomic mass is 32.2. The van der Waals surface area contributed by atoms with Crippen molar-refractivity contribution in [3.8, 4) is 5.75 Å². The van der Waals surface area contributed by atoms with Gasteiger partial charge in [0.25, 0.3) is 0 Å². The Morgan fingerprint density at radius 3 is 2.46 bits per heavy atom. The molecule has 0 fully saturated rings. The Balaban J connectivity index is 2.04. The molecule has 2 aromatic rings. The lowest BCUT2D eigenvalue weighted by Gasteiger charge is -2.16. The maximum absolute atomic E-state index is 12.4. The van der Waals surface area contributed by atoms with Gasteiger partial charge in [-0.1, -0.05) is 18.2 Å². The van der Waals surface area contributed by atoms with E-state index in [1.54, 1.807) is 17.8 Å². The standard InChI is InChI=1S/C18H22N2O4S2/c1-20(2)26(22,23)17-13-14(9-10-16(17)24-3)19-18(21)11-12-25-15-7-5-4-6-8-15/h4-10,13H,11-12H2,1-3H3,(H,19,21). The lowest BCUT2D eigenvalue weighted by molar-refractivity contribution is -0.115. The summed E-state index contributed by atoms with van der Waals surface area (Å²) in [5.41, 5.74) is 0.418. The first-order chi connectivity index (χ1) is 12.3. The van der Waals surface area contributed by atoms with Crippen LogP contribution in [-0.4, -0.2) is 45.6 Å². The van der Waals surface area contributed by atoms with Gasteiger partial charge in [0.15, 0.2) is 0 Å². The van der Waals surface area contributed by atoms with Crippen molar-refractivity contribution >= 4 is 33.4 Å². The number of thioether (sulfide) groups is 1. The number of nitrogens with zero attached hydrogens (tertiary/aromatic N) is 1. The Morgan fingerprint density at radius 2 is 1.85 bits per heavy atom. The van der Waals surface area contributed by atoms with Crippen molar-refractivity contribution in [1.29, 1.82) is 0 Å². The molecule has 0 aliphatic rings. The van der Waals surface area contributed by atoms with Crippen molar-refractivity contribution in [2.45, 2.75) is 16.2 Å². The third-order valence-corrected chi connectivity index (χ3v) is 6.40. The fourth-order valence-corrected chi connectivity index (χ4v) is 4.10. The van der Waals surface area contributed by atoms with Crippen molar-refractivity contribution in [3.05, 3.63) is 48.5 Å². The number of rotatable bonds is 8. The summed E-state index contributed by atoms with van der Waals surface area (Å²) in [6, 6.07) is 14.4. The van der Waals surface area contributed by atoms with Crippen molar-refractivity contribution in [2.75, 3.05) is 32.3 Å². The van der Waals surface area contributed by atoms with E-state index in [9.17, 15) is 13.2 Å². The number of anilines is 1. The maximum Gasteiger partial charge on any atom is 0.246 e. The van der Waals surface area contributed by atoms with Crippen LogP contribution in [0.3, 0.4) is 0 Å². The van der Waals surface area contributed by atoms with Crippen LogP contribution >= 0.6 is 11.8 Å². The number of methoxy groups -OCH3 is 1. The normalized spacial score (nSPS) is 11.4. The van der Waals surface area contributed by atoms with E-state index >= 15 is 0 Å². The molecule has 2 aromatic carbocycles. The first-order valence-corrected chi connectivity index (χ1v) is 10.4. The Kier molecular flexibility index (Phi) is 7.07. The Labute approximate surface area is 158 Å². The maximum atomic E-state index is 12.4. The first kappa shape index (κ1) is 20.3. The minimum Gasteiger partial charge on any atom is -0.495 e. The molecule has 1 N–H and O–H groups in total. The number of ether oxygens (including phenoxy) is 1. The summed E-state index contributed by atoms with van der Waals surface area (Å²) in [5.74, 6) is 0.692. The first-order valence-electron chi connectivity index (χ1n) is 7.93. The summed E-state index contributed by atoms with van der Waals surface area (Å²) in [6.45, 7) is 0. The van der Waals surface area contributed by atoms with E-state index < -0.39 is 10.0 Å². The van der Waals surface area contributed by atoms with Crippen molar-refractivity contribution in [3.63, 3.8) is 0 Å². The molecule has 0 saturated carbocycles. The van der Waals surface area contributed by atoms with E-state index in [-0.39, 0.29) is 16.6 Å². The van der Waals surface area contributed by atoms with Crippen LogP contribution in [0.5, 0.6) is 5.75 Å². The minimum absolute atomic E-state index is 0.0152. The highest BCUT2D eigenvalue weighted by molar-refractivity contribution is 7.99. The van der Waals surface area contributed by atoms with E-state index in [1.807, 2.05) is 30.3 Å². The molecule has 8 heteroatoms. The third-order valence-electron chi connectivity index (χ3n) is 3.55. The molecule has 0 saturated heterocycles. The lowest BCUT2D eigenvalue weighted by atomic mass is 10.3. The van der Waals surface area contributed by atoms with Crippen LogP contribution in [0.2, 0.25) is 0 Å². The Morgan fingerprint density at radius 1 is 1.15 bits per heavy atom. The van der Waals surface area contributed by atoms with E-state index in [0.717, 1.165) is 9.20 Å². The van der Waals surface area contributed by atoms with Crippen LogP contribution in [0.25, 0.3) is 0 Å². The third kappa shape index (κ3) is 5.23. The van der Waals surface area contributed by atoms with Crippen LogP contribution in [0.1, 0.15) is 6.42 Å². The second kappa shape index (κ2) is 9.07. The van der Waals surface area contributed by atoms with Gasteiger partial charge in [0.05, 0.1) is 7.11 Å².